The van der Waals surface area contributed by atoms with E-state index in [0.29, 0.717) is 5.71 Å². The molecule has 0 aliphatic heterocycles. The summed E-state index contributed by atoms with van der Waals surface area (Å²) < 4.78 is 0. The first-order chi connectivity index (χ1) is 4.84. The van der Waals surface area contributed by atoms with E-state index in [1.165, 1.54) is 0 Å². The van der Waals surface area contributed by atoms with E-state index in [0.717, 1.165) is 5.56 Å². The van der Waals surface area contributed by atoms with Gasteiger partial charge in [0, 0.05) is 12.5 Å². The van der Waals surface area contributed by atoms with Gasteiger partial charge in [0.25, 0.3) is 0 Å². The molecule has 1 rings (SSSR count). The van der Waals surface area contributed by atoms with Crippen molar-refractivity contribution in [3.05, 3.63) is 41.1 Å². The van der Waals surface area contributed by atoms with E-state index in [1.54, 1.807) is 6.92 Å². The molecule has 1 N–H and O–H groups in total. The molecule has 0 saturated carbocycles. The highest BCUT2D eigenvalue weighted by Crippen LogP contribution is 1.95. The summed E-state index contributed by atoms with van der Waals surface area (Å²) in [6.45, 7) is 1.75. The standard InChI is InChI=1S/C8H9NO/c1-7(9-10)8-5-3-2-4-6-8/h2-6,9H,1H3. The molecule has 0 aliphatic rings. The molecule has 0 radical (unpaired) electrons. The van der Waals surface area contributed by atoms with Gasteiger partial charge in [0.2, 0.25) is 0 Å². The van der Waals surface area contributed by atoms with Gasteiger partial charge in [-0.2, -0.15) is 0 Å². The average molecular weight is 135 g/mol. The molecule has 0 aliphatic carbocycles. The molecule has 52 valence electrons. The first-order valence-corrected chi connectivity index (χ1v) is 3.11. The van der Waals surface area contributed by atoms with E-state index < -0.39 is 0 Å². The van der Waals surface area contributed by atoms with E-state index in [1.807, 2.05) is 35.5 Å². The van der Waals surface area contributed by atoms with Gasteiger partial charge in [0.15, 0.2) is 5.71 Å². The molecule has 0 heterocycles. The van der Waals surface area contributed by atoms with Crippen molar-refractivity contribution in [1.29, 1.82) is 0 Å². The van der Waals surface area contributed by atoms with Gasteiger partial charge in [-0.25, -0.2) is 5.16 Å². The lowest BCUT2D eigenvalue weighted by atomic mass is 10.1. The SMILES string of the molecule is CC(=[NH+][O-])c1ccccc1. The molecule has 0 bridgehead atoms. The Kier molecular flexibility index (Phi) is 2.05. The summed E-state index contributed by atoms with van der Waals surface area (Å²) in [6, 6.07) is 9.49. The maximum atomic E-state index is 10.1. The second-order valence-corrected chi connectivity index (χ2v) is 2.09. The third-order valence-corrected chi connectivity index (χ3v) is 1.36. The van der Waals surface area contributed by atoms with Crippen LogP contribution < -0.4 is 5.16 Å². The Morgan fingerprint density at radius 2 is 1.90 bits per heavy atom. The summed E-state index contributed by atoms with van der Waals surface area (Å²) in [5, 5.41) is 12.0. The lowest BCUT2D eigenvalue weighted by Gasteiger charge is -1.92. The molecular weight excluding hydrogens is 126 g/mol. The van der Waals surface area contributed by atoms with Crippen LogP contribution in [0.25, 0.3) is 0 Å². The van der Waals surface area contributed by atoms with E-state index in [9.17, 15) is 5.21 Å². The minimum absolute atomic E-state index is 0.653. The highest BCUT2D eigenvalue weighted by Gasteiger charge is 1.96. The van der Waals surface area contributed by atoms with Crippen molar-refractivity contribution in [3.63, 3.8) is 0 Å². The van der Waals surface area contributed by atoms with Gasteiger partial charge < -0.3 is 5.21 Å². The van der Waals surface area contributed by atoms with Gasteiger partial charge in [-0.3, -0.25) is 0 Å². The fourth-order valence-electron chi connectivity index (χ4n) is 0.747. The monoisotopic (exact) mass is 135 g/mol. The van der Waals surface area contributed by atoms with Gasteiger partial charge >= 0.3 is 0 Å². The Balaban J connectivity index is 2.96. The third kappa shape index (κ3) is 1.35. The van der Waals surface area contributed by atoms with Gasteiger partial charge in [-0.05, 0) is 12.1 Å². The van der Waals surface area contributed by atoms with Gasteiger partial charge in [-0.15, -0.1) is 0 Å². The van der Waals surface area contributed by atoms with Gasteiger partial charge in [0.05, 0.1) is 0 Å². The zero-order valence-electron chi connectivity index (χ0n) is 5.79. The summed E-state index contributed by atoms with van der Waals surface area (Å²) in [6.07, 6.45) is 0. The highest BCUT2D eigenvalue weighted by molar-refractivity contribution is 5.94. The third-order valence-electron chi connectivity index (χ3n) is 1.36. The molecule has 10 heavy (non-hydrogen) atoms. The minimum atomic E-state index is 0.653. The van der Waals surface area contributed by atoms with E-state index in [4.69, 9.17) is 0 Å². The molecule has 2 heteroatoms. The normalized spacial score (nSPS) is 11.5. The molecule has 1 aromatic rings. The van der Waals surface area contributed by atoms with Crippen molar-refractivity contribution < 1.29 is 5.16 Å². The molecule has 0 unspecified atom stereocenters. The molecule has 1 aromatic carbocycles. The quantitative estimate of drug-likeness (QED) is 0.330. The minimum Gasteiger partial charge on any atom is -0.625 e. The predicted octanol–water partition coefficient (Wildman–Crippen LogP) is 0.0740. The largest absolute Gasteiger partial charge is 0.625 e. The zero-order chi connectivity index (χ0) is 7.40. The second-order valence-electron chi connectivity index (χ2n) is 2.09. The maximum absolute atomic E-state index is 10.1. The molecule has 0 atom stereocenters. The van der Waals surface area contributed by atoms with Crippen molar-refractivity contribution in [1.82, 2.24) is 0 Å². The van der Waals surface area contributed by atoms with E-state index in [-0.39, 0.29) is 0 Å². The van der Waals surface area contributed by atoms with Crippen LogP contribution in [0.1, 0.15) is 12.5 Å². The molecule has 0 fully saturated rings. The Morgan fingerprint density at radius 1 is 1.30 bits per heavy atom. The molecule has 0 saturated heterocycles. The molecular formula is C8H9NO. The van der Waals surface area contributed by atoms with Crippen LogP contribution in [0, 0.1) is 5.21 Å². The number of hydrogen-bond donors (Lipinski definition) is 1. The zero-order valence-corrected chi connectivity index (χ0v) is 5.79. The smallest absolute Gasteiger partial charge is 0.189 e. The first-order valence-electron chi connectivity index (χ1n) is 3.11. The van der Waals surface area contributed by atoms with Crippen LogP contribution in [0.3, 0.4) is 0 Å². The Bertz CT molecular complexity index is 228. The van der Waals surface area contributed by atoms with Gasteiger partial charge in [0.1, 0.15) is 0 Å². The number of benzene rings is 1. The Labute approximate surface area is 59.8 Å². The van der Waals surface area contributed by atoms with E-state index in [2.05, 4.69) is 0 Å². The fourth-order valence-corrected chi connectivity index (χ4v) is 0.747. The van der Waals surface area contributed by atoms with E-state index >= 15 is 0 Å². The van der Waals surface area contributed by atoms with Crippen LogP contribution in [0.2, 0.25) is 0 Å². The summed E-state index contributed by atoms with van der Waals surface area (Å²) in [7, 11) is 0. The first kappa shape index (κ1) is 6.81. The maximum Gasteiger partial charge on any atom is 0.189 e. The lowest BCUT2D eigenvalue weighted by molar-refractivity contribution is -0.373. The van der Waals surface area contributed by atoms with Crippen LogP contribution >= 0.6 is 0 Å². The highest BCUT2D eigenvalue weighted by atomic mass is 16.4. The average Bonchev–Trinajstić information content (AvgIpc) is 2.05. The van der Waals surface area contributed by atoms with Crippen LogP contribution in [0.15, 0.2) is 30.3 Å². The topological polar surface area (TPSA) is 37.0 Å². The van der Waals surface area contributed by atoms with Crippen molar-refractivity contribution in [2.45, 2.75) is 6.92 Å². The fraction of sp³-hybridized carbons (Fsp3) is 0.125. The molecule has 2 nitrogen and oxygen atoms in total. The number of rotatable bonds is 1. The van der Waals surface area contributed by atoms with Crippen molar-refractivity contribution in [3.8, 4) is 0 Å². The van der Waals surface area contributed by atoms with Crippen LogP contribution in [0.5, 0.6) is 0 Å². The van der Waals surface area contributed by atoms with Gasteiger partial charge in [-0.1, -0.05) is 18.2 Å². The molecule has 0 aromatic heterocycles. The summed E-state index contributed by atoms with van der Waals surface area (Å²) in [5.41, 5.74) is 1.60. The van der Waals surface area contributed by atoms with Crippen molar-refractivity contribution in [2.24, 2.45) is 0 Å². The Hall–Kier alpha value is -1.31. The summed E-state index contributed by atoms with van der Waals surface area (Å²) >= 11 is 0. The summed E-state index contributed by atoms with van der Waals surface area (Å²) in [5.74, 6) is 0. The van der Waals surface area contributed by atoms with Crippen LogP contribution in [0.4, 0.5) is 0 Å². The molecule has 0 amide bonds. The molecule has 0 spiro atoms. The summed E-state index contributed by atoms with van der Waals surface area (Å²) in [4.78, 5) is 0. The Morgan fingerprint density at radius 3 is 2.40 bits per heavy atom. The number of nitrogens with one attached hydrogen (secondary N) is 1. The van der Waals surface area contributed by atoms with Crippen molar-refractivity contribution in [2.75, 3.05) is 0 Å². The van der Waals surface area contributed by atoms with Crippen LogP contribution in [-0.2, 0) is 0 Å². The van der Waals surface area contributed by atoms with Crippen molar-refractivity contribution >= 4 is 5.71 Å². The van der Waals surface area contributed by atoms with Crippen LogP contribution in [-0.4, -0.2) is 5.71 Å². The number of hydrogen-bond acceptors (Lipinski definition) is 1. The lowest BCUT2D eigenvalue weighted by Crippen LogP contribution is -2.64. The second kappa shape index (κ2) is 3.01. The predicted molar refractivity (Wildman–Crippen MR) is 40.6 cm³/mol.